The zero-order chi connectivity index (χ0) is 12.4. The summed E-state index contributed by atoms with van der Waals surface area (Å²) in [5.41, 5.74) is 1.27. The maximum absolute atomic E-state index is 13.0. The van der Waals surface area contributed by atoms with Crippen molar-refractivity contribution in [2.75, 3.05) is 7.11 Å². The molecule has 0 fully saturated rings. The normalized spacial score (nSPS) is 18.7. The molecule has 0 radical (unpaired) electrons. The zero-order valence-corrected chi connectivity index (χ0v) is 9.53. The average Bonchev–Trinajstić information content (AvgIpc) is 2.30. The van der Waals surface area contributed by atoms with Crippen LogP contribution in [0, 0.1) is 11.7 Å². The van der Waals surface area contributed by atoms with Gasteiger partial charge in [-0.3, -0.25) is 9.59 Å². The van der Waals surface area contributed by atoms with E-state index in [1.807, 2.05) is 0 Å². The molecule has 0 saturated carbocycles. The molecule has 1 aliphatic carbocycles. The third-order valence-electron chi connectivity index (χ3n) is 3.04. The Hall–Kier alpha value is -1.71. The minimum absolute atomic E-state index is 0.0343. The standard InChI is InChI=1S/C13H13FO3/c1-17-13(16)6-8-4-9-2-3-10(14)7-11(9)12(15)5-8/h2-3,7-8H,4-6H2,1H3. The van der Waals surface area contributed by atoms with Gasteiger partial charge in [-0.25, -0.2) is 4.39 Å². The van der Waals surface area contributed by atoms with Crippen molar-refractivity contribution >= 4 is 11.8 Å². The van der Waals surface area contributed by atoms with Crippen LogP contribution in [0.2, 0.25) is 0 Å². The van der Waals surface area contributed by atoms with Crippen LogP contribution >= 0.6 is 0 Å². The van der Waals surface area contributed by atoms with Gasteiger partial charge in [0.15, 0.2) is 5.78 Å². The van der Waals surface area contributed by atoms with E-state index in [1.165, 1.54) is 19.2 Å². The van der Waals surface area contributed by atoms with Gasteiger partial charge in [0.2, 0.25) is 0 Å². The molecule has 0 saturated heterocycles. The largest absolute Gasteiger partial charge is 0.469 e. The first-order valence-electron chi connectivity index (χ1n) is 5.48. The molecule has 0 heterocycles. The fourth-order valence-corrected chi connectivity index (χ4v) is 2.20. The molecule has 0 spiro atoms. The van der Waals surface area contributed by atoms with Crippen LogP contribution in [0.1, 0.15) is 28.8 Å². The number of halogens is 1. The molecule has 0 bridgehead atoms. The molecule has 0 aromatic heterocycles. The summed E-state index contributed by atoms with van der Waals surface area (Å²) in [5, 5.41) is 0. The summed E-state index contributed by atoms with van der Waals surface area (Å²) in [4.78, 5) is 23.0. The van der Waals surface area contributed by atoms with E-state index in [1.54, 1.807) is 6.07 Å². The SMILES string of the molecule is COC(=O)CC1CC(=O)c2cc(F)ccc2C1. The van der Waals surface area contributed by atoms with E-state index < -0.39 is 5.82 Å². The third kappa shape index (κ3) is 2.52. The lowest BCUT2D eigenvalue weighted by molar-refractivity contribution is -0.141. The molecule has 1 unspecified atom stereocenters. The van der Waals surface area contributed by atoms with Crippen molar-refractivity contribution in [3.05, 3.63) is 35.1 Å². The number of carbonyl (C=O) groups is 2. The number of carbonyl (C=O) groups excluding carboxylic acids is 2. The molecule has 1 aromatic rings. The molecule has 1 aromatic carbocycles. The number of esters is 1. The molecule has 1 atom stereocenters. The minimum Gasteiger partial charge on any atom is -0.469 e. The van der Waals surface area contributed by atoms with Gasteiger partial charge in [-0.2, -0.15) is 0 Å². The third-order valence-corrected chi connectivity index (χ3v) is 3.04. The summed E-state index contributed by atoms with van der Waals surface area (Å²) in [6.45, 7) is 0. The van der Waals surface area contributed by atoms with Crippen LogP contribution in [-0.2, 0) is 16.0 Å². The number of Topliss-reactive ketones (excluding diaryl/α,β-unsaturated/α-hetero) is 1. The molecule has 17 heavy (non-hydrogen) atoms. The highest BCUT2D eigenvalue weighted by molar-refractivity contribution is 5.98. The maximum atomic E-state index is 13.0. The zero-order valence-electron chi connectivity index (χ0n) is 9.53. The number of benzene rings is 1. The van der Waals surface area contributed by atoms with Crippen LogP contribution in [0.25, 0.3) is 0 Å². The molecular formula is C13H13FO3. The first-order valence-corrected chi connectivity index (χ1v) is 5.48. The van der Waals surface area contributed by atoms with Crippen molar-refractivity contribution in [3.63, 3.8) is 0 Å². The van der Waals surface area contributed by atoms with Crippen LogP contribution in [0.4, 0.5) is 4.39 Å². The Morgan fingerprint density at radius 1 is 1.47 bits per heavy atom. The smallest absolute Gasteiger partial charge is 0.305 e. The highest BCUT2D eigenvalue weighted by atomic mass is 19.1. The van der Waals surface area contributed by atoms with Gasteiger partial charge in [-0.15, -0.1) is 0 Å². The Morgan fingerprint density at radius 3 is 2.94 bits per heavy atom. The van der Waals surface area contributed by atoms with Crippen molar-refractivity contribution in [1.29, 1.82) is 0 Å². The molecule has 1 aliphatic rings. The predicted molar refractivity (Wildman–Crippen MR) is 59.2 cm³/mol. The first kappa shape index (κ1) is 11.8. The van der Waals surface area contributed by atoms with E-state index >= 15 is 0 Å². The summed E-state index contributed by atoms with van der Waals surface area (Å²) >= 11 is 0. The second-order valence-corrected chi connectivity index (χ2v) is 4.28. The highest BCUT2D eigenvalue weighted by Crippen LogP contribution is 2.28. The lowest BCUT2D eigenvalue weighted by Crippen LogP contribution is -2.23. The van der Waals surface area contributed by atoms with E-state index in [0.29, 0.717) is 12.0 Å². The Morgan fingerprint density at radius 2 is 2.24 bits per heavy atom. The van der Waals surface area contributed by atoms with Gasteiger partial charge in [-0.05, 0) is 30.0 Å². The molecule has 2 rings (SSSR count). The van der Waals surface area contributed by atoms with Crippen LogP contribution in [0.5, 0.6) is 0 Å². The number of ketones is 1. The number of fused-ring (bicyclic) bond motifs is 1. The Labute approximate surface area is 98.6 Å². The first-order chi connectivity index (χ1) is 8.10. The van der Waals surface area contributed by atoms with Gasteiger partial charge >= 0.3 is 5.97 Å². The fraction of sp³-hybridized carbons (Fsp3) is 0.385. The van der Waals surface area contributed by atoms with Crippen molar-refractivity contribution in [1.82, 2.24) is 0 Å². The lowest BCUT2D eigenvalue weighted by atomic mass is 9.81. The molecule has 90 valence electrons. The summed E-state index contributed by atoms with van der Waals surface area (Å²) in [7, 11) is 1.33. The van der Waals surface area contributed by atoms with Gasteiger partial charge in [0.25, 0.3) is 0 Å². The number of methoxy groups -OCH3 is 1. The average molecular weight is 236 g/mol. The van der Waals surface area contributed by atoms with Crippen LogP contribution < -0.4 is 0 Å². The Kier molecular flexibility index (Phi) is 3.22. The number of hydrogen-bond acceptors (Lipinski definition) is 3. The predicted octanol–water partition coefficient (Wildman–Crippen LogP) is 2.13. The second kappa shape index (κ2) is 4.65. The molecule has 0 aliphatic heterocycles. The van der Waals surface area contributed by atoms with E-state index in [9.17, 15) is 14.0 Å². The van der Waals surface area contributed by atoms with E-state index in [0.717, 1.165) is 5.56 Å². The van der Waals surface area contributed by atoms with Crippen LogP contribution in [0.15, 0.2) is 18.2 Å². The van der Waals surface area contributed by atoms with Crippen LogP contribution in [0.3, 0.4) is 0 Å². The van der Waals surface area contributed by atoms with Crippen LogP contribution in [-0.4, -0.2) is 18.9 Å². The monoisotopic (exact) mass is 236 g/mol. The highest BCUT2D eigenvalue weighted by Gasteiger charge is 2.27. The Bertz CT molecular complexity index is 468. The molecular weight excluding hydrogens is 223 g/mol. The summed E-state index contributed by atoms with van der Waals surface area (Å²) in [6.07, 6.45) is 1.14. The summed E-state index contributed by atoms with van der Waals surface area (Å²) in [5.74, 6) is -0.843. The number of rotatable bonds is 2. The number of ether oxygens (including phenoxy) is 1. The molecule has 0 amide bonds. The molecule has 4 heteroatoms. The van der Waals surface area contributed by atoms with Gasteiger partial charge in [0, 0.05) is 18.4 Å². The van der Waals surface area contributed by atoms with Crippen molar-refractivity contribution in [3.8, 4) is 0 Å². The molecule has 0 N–H and O–H groups in total. The Balaban J connectivity index is 2.19. The van der Waals surface area contributed by atoms with Gasteiger partial charge in [0.1, 0.15) is 5.82 Å². The number of hydrogen-bond donors (Lipinski definition) is 0. The molecule has 3 nitrogen and oxygen atoms in total. The lowest BCUT2D eigenvalue weighted by Gasteiger charge is -2.22. The summed E-state index contributed by atoms with van der Waals surface area (Å²) < 4.78 is 17.6. The van der Waals surface area contributed by atoms with Gasteiger partial charge < -0.3 is 4.74 Å². The van der Waals surface area contributed by atoms with Crippen molar-refractivity contribution in [2.45, 2.75) is 19.3 Å². The topological polar surface area (TPSA) is 43.4 Å². The van der Waals surface area contributed by atoms with Crippen molar-refractivity contribution < 1.29 is 18.7 Å². The van der Waals surface area contributed by atoms with E-state index in [4.69, 9.17) is 0 Å². The quantitative estimate of drug-likeness (QED) is 0.739. The maximum Gasteiger partial charge on any atom is 0.305 e. The fourth-order valence-electron chi connectivity index (χ4n) is 2.20. The van der Waals surface area contributed by atoms with Gasteiger partial charge in [-0.1, -0.05) is 6.07 Å². The second-order valence-electron chi connectivity index (χ2n) is 4.28. The van der Waals surface area contributed by atoms with E-state index in [-0.39, 0.29) is 30.5 Å². The van der Waals surface area contributed by atoms with Gasteiger partial charge in [0.05, 0.1) is 7.11 Å². The minimum atomic E-state index is -0.400. The van der Waals surface area contributed by atoms with Crippen molar-refractivity contribution in [2.24, 2.45) is 5.92 Å². The summed E-state index contributed by atoms with van der Waals surface area (Å²) in [6, 6.07) is 4.23. The van der Waals surface area contributed by atoms with E-state index in [2.05, 4.69) is 4.74 Å².